The van der Waals surface area contributed by atoms with Gasteiger partial charge in [-0.15, -0.1) is 0 Å². The zero-order valence-electron chi connectivity index (χ0n) is 11.8. The summed E-state index contributed by atoms with van der Waals surface area (Å²) < 4.78 is 0. The Morgan fingerprint density at radius 1 is 1.35 bits per heavy atom. The lowest BCUT2D eigenvalue weighted by molar-refractivity contribution is -0.137. The van der Waals surface area contributed by atoms with Crippen molar-refractivity contribution in [2.45, 2.75) is 53.0 Å². The van der Waals surface area contributed by atoms with Gasteiger partial charge in [0.25, 0.3) is 0 Å². The van der Waals surface area contributed by atoms with Crippen molar-refractivity contribution in [2.75, 3.05) is 19.6 Å². The van der Waals surface area contributed by atoms with Crippen LogP contribution in [0.25, 0.3) is 0 Å². The van der Waals surface area contributed by atoms with Crippen LogP contribution in [0.3, 0.4) is 0 Å². The molecule has 1 saturated heterocycles. The Balaban J connectivity index is 2.53. The predicted octanol–water partition coefficient (Wildman–Crippen LogP) is 2.27. The second kappa shape index (κ2) is 7.00. The number of rotatable bonds is 6. The van der Waals surface area contributed by atoms with Crippen LogP contribution in [0.15, 0.2) is 0 Å². The largest absolute Gasteiger partial charge is 0.340 e. The quantitative estimate of drug-likeness (QED) is 0.722. The molecule has 0 spiro atoms. The summed E-state index contributed by atoms with van der Waals surface area (Å²) in [6.45, 7) is 11.4. The van der Waals surface area contributed by atoms with Crippen molar-refractivity contribution >= 4 is 5.91 Å². The van der Waals surface area contributed by atoms with Crippen molar-refractivity contribution in [3.8, 4) is 0 Å². The first-order chi connectivity index (χ1) is 8.07. The molecular weight excluding hydrogens is 212 g/mol. The molecule has 0 aromatic carbocycles. The van der Waals surface area contributed by atoms with Gasteiger partial charge < -0.3 is 10.2 Å². The Bertz CT molecular complexity index is 240. The summed E-state index contributed by atoms with van der Waals surface area (Å²) in [5, 5.41) is 3.32. The zero-order chi connectivity index (χ0) is 12.8. The number of unbranched alkanes of at least 4 members (excludes halogenated alkanes) is 2. The van der Waals surface area contributed by atoms with Gasteiger partial charge in [-0.1, -0.05) is 26.7 Å². The maximum atomic E-state index is 12.5. The normalized spacial score (nSPS) is 24.3. The summed E-state index contributed by atoms with van der Waals surface area (Å²) in [5.41, 5.74) is 0. The molecule has 0 radical (unpaired) electrons. The third-order valence-electron chi connectivity index (χ3n) is 3.74. The summed E-state index contributed by atoms with van der Waals surface area (Å²) in [6.07, 6.45) is 3.56. The Morgan fingerprint density at radius 3 is 2.53 bits per heavy atom. The molecule has 1 rings (SSSR count). The summed E-state index contributed by atoms with van der Waals surface area (Å²) >= 11 is 0. The van der Waals surface area contributed by atoms with Crippen LogP contribution in [0.2, 0.25) is 0 Å². The third-order valence-corrected chi connectivity index (χ3v) is 3.74. The van der Waals surface area contributed by atoms with Crippen LogP contribution in [0.4, 0.5) is 0 Å². The molecule has 3 heteroatoms. The highest BCUT2D eigenvalue weighted by Crippen LogP contribution is 2.20. The van der Waals surface area contributed by atoms with Gasteiger partial charge in [0.2, 0.25) is 5.91 Å². The Labute approximate surface area is 106 Å². The minimum Gasteiger partial charge on any atom is -0.340 e. The van der Waals surface area contributed by atoms with Crippen molar-refractivity contribution in [3.63, 3.8) is 0 Å². The molecule has 0 bridgehead atoms. The number of hydrogen-bond acceptors (Lipinski definition) is 2. The molecule has 0 aromatic rings. The first kappa shape index (κ1) is 14.5. The summed E-state index contributed by atoms with van der Waals surface area (Å²) in [5.74, 6) is 1.03. The second-order valence-corrected chi connectivity index (χ2v) is 5.57. The molecule has 0 aromatic heterocycles. The summed E-state index contributed by atoms with van der Waals surface area (Å²) in [6, 6.07) is 0.326. The van der Waals surface area contributed by atoms with E-state index < -0.39 is 0 Å². The summed E-state index contributed by atoms with van der Waals surface area (Å²) in [7, 11) is 0. The highest BCUT2D eigenvalue weighted by atomic mass is 16.2. The number of amides is 1. The van der Waals surface area contributed by atoms with Gasteiger partial charge in [-0.2, -0.15) is 0 Å². The van der Waals surface area contributed by atoms with Crippen LogP contribution in [-0.4, -0.2) is 36.5 Å². The van der Waals surface area contributed by atoms with Gasteiger partial charge in [-0.25, -0.2) is 0 Å². The lowest BCUT2D eigenvalue weighted by atomic mass is 9.96. The molecule has 1 heterocycles. The van der Waals surface area contributed by atoms with E-state index in [0.717, 1.165) is 26.1 Å². The molecule has 0 aliphatic carbocycles. The monoisotopic (exact) mass is 240 g/mol. The highest BCUT2D eigenvalue weighted by Gasteiger charge is 2.33. The minimum atomic E-state index is 0.194. The number of nitrogens with one attached hydrogen (secondary N) is 1. The average molecular weight is 240 g/mol. The number of hydrogen-bond donors (Lipinski definition) is 1. The molecule has 17 heavy (non-hydrogen) atoms. The molecule has 0 saturated carbocycles. The Hall–Kier alpha value is -0.570. The molecule has 1 N–H and O–H groups in total. The molecule has 3 nitrogen and oxygen atoms in total. The fourth-order valence-corrected chi connectivity index (χ4v) is 2.51. The molecule has 100 valence electrons. The fraction of sp³-hybridized carbons (Fsp3) is 0.929. The average Bonchev–Trinajstić information content (AvgIpc) is 2.69. The lowest BCUT2D eigenvalue weighted by Gasteiger charge is -2.30. The highest BCUT2D eigenvalue weighted by molar-refractivity contribution is 5.80. The van der Waals surface area contributed by atoms with Crippen molar-refractivity contribution < 1.29 is 4.79 Å². The maximum Gasteiger partial charge on any atom is 0.227 e. The van der Waals surface area contributed by atoms with E-state index in [1.165, 1.54) is 12.8 Å². The number of nitrogens with zero attached hydrogens (tertiary/aromatic N) is 1. The van der Waals surface area contributed by atoms with E-state index in [1.54, 1.807) is 0 Å². The van der Waals surface area contributed by atoms with Gasteiger partial charge in [0.1, 0.15) is 0 Å². The van der Waals surface area contributed by atoms with Gasteiger partial charge in [-0.05, 0) is 32.7 Å². The molecule has 0 unspecified atom stereocenters. The van der Waals surface area contributed by atoms with Crippen molar-refractivity contribution in [2.24, 2.45) is 11.8 Å². The number of carbonyl (C=O) groups excluding carboxylic acids is 1. The molecule has 1 fully saturated rings. The van der Waals surface area contributed by atoms with E-state index >= 15 is 0 Å². The third kappa shape index (κ3) is 3.98. The molecule has 2 atom stereocenters. The first-order valence-electron chi connectivity index (χ1n) is 7.09. The molecule has 1 aliphatic heterocycles. The van der Waals surface area contributed by atoms with E-state index in [1.807, 2.05) is 0 Å². The molecule has 1 aliphatic rings. The van der Waals surface area contributed by atoms with Crippen LogP contribution < -0.4 is 5.32 Å². The van der Waals surface area contributed by atoms with Gasteiger partial charge in [0.15, 0.2) is 0 Å². The van der Waals surface area contributed by atoms with Crippen LogP contribution in [-0.2, 0) is 4.79 Å². The van der Waals surface area contributed by atoms with Gasteiger partial charge in [0.05, 0.1) is 5.92 Å². The molecule has 1 amide bonds. The van der Waals surface area contributed by atoms with Gasteiger partial charge in [0, 0.05) is 19.1 Å². The zero-order valence-corrected chi connectivity index (χ0v) is 11.8. The summed E-state index contributed by atoms with van der Waals surface area (Å²) in [4.78, 5) is 14.6. The Morgan fingerprint density at radius 2 is 2.06 bits per heavy atom. The first-order valence-corrected chi connectivity index (χ1v) is 7.09. The smallest absolute Gasteiger partial charge is 0.227 e. The topological polar surface area (TPSA) is 32.3 Å². The van der Waals surface area contributed by atoms with Crippen molar-refractivity contribution in [1.82, 2.24) is 10.2 Å². The number of carbonyl (C=O) groups is 1. The Kier molecular flexibility index (Phi) is 5.96. The van der Waals surface area contributed by atoms with Crippen LogP contribution in [0.1, 0.15) is 47.0 Å². The predicted molar refractivity (Wildman–Crippen MR) is 71.9 cm³/mol. The van der Waals surface area contributed by atoms with Crippen LogP contribution >= 0.6 is 0 Å². The van der Waals surface area contributed by atoms with Gasteiger partial charge >= 0.3 is 0 Å². The van der Waals surface area contributed by atoms with E-state index in [9.17, 15) is 4.79 Å². The lowest BCUT2D eigenvalue weighted by Crippen LogP contribution is -2.43. The second-order valence-electron chi connectivity index (χ2n) is 5.57. The van der Waals surface area contributed by atoms with E-state index in [0.29, 0.717) is 17.9 Å². The SMILES string of the molecule is CCCCCN(C(=O)[C@@H]1CNC[C@H]1C)C(C)C. The maximum absolute atomic E-state index is 12.5. The van der Waals surface area contributed by atoms with Crippen molar-refractivity contribution in [3.05, 3.63) is 0 Å². The molecular formula is C14H28N2O. The van der Waals surface area contributed by atoms with E-state index in [2.05, 4.69) is 37.9 Å². The van der Waals surface area contributed by atoms with Crippen LogP contribution in [0, 0.1) is 11.8 Å². The minimum absolute atomic E-state index is 0.194. The van der Waals surface area contributed by atoms with Gasteiger partial charge in [-0.3, -0.25) is 4.79 Å². The van der Waals surface area contributed by atoms with Crippen LogP contribution in [0.5, 0.6) is 0 Å². The van der Waals surface area contributed by atoms with E-state index in [4.69, 9.17) is 0 Å². The standard InChI is InChI=1S/C14H28N2O/c1-5-6-7-8-16(11(2)3)14(17)13-10-15-9-12(13)4/h11-13,15H,5-10H2,1-4H3/t12-,13-/m1/s1. The fourth-order valence-electron chi connectivity index (χ4n) is 2.51. The van der Waals surface area contributed by atoms with E-state index in [-0.39, 0.29) is 5.92 Å². The van der Waals surface area contributed by atoms with Crippen molar-refractivity contribution in [1.29, 1.82) is 0 Å².